The molecule has 4 N–H and O–H groups in total. The van der Waals surface area contributed by atoms with Crippen molar-refractivity contribution in [3.8, 4) is 0 Å². The molecule has 8 nitrogen and oxygen atoms in total. The van der Waals surface area contributed by atoms with Crippen LogP contribution in [0.2, 0.25) is 0 Å². The number of nitrogens with two attached hydrogens (primary N) is 1. The van der Waals surface area contributed by atoms with Crippen LogP contribution in [-0.2, 0) is 4.79 Å². The summed E-state index contributed by atoms with van der Waals surface area (Å²) in [6.07, 6.45) is 2.05. The van der Waals surface area contributed by atoms with Crippen molar-refractivity contribution in [1.29, 1.82) is 0 Å². The molecule has 1 saturated heterocycles. The summed E-state index contributed by atoms with van der Waals surface area (Å²) >= 11 is 0. The van der Waals surface area contributed by atoms with E-state index in [2.05, 4.69) is 27.0 Å². The van der Waals surface area contributed by atoms with Gasteiger partial charge in [0.2, 0.25) is 5.91 Å². The van der Waals surface area contributed by atoms with Gasteiger partial charge in [-0.1, -0.05) is 13.3 Å². The lowest BCUT2D eigenvalue weighted by molar-refractivity contribution is -0.122. The highest BCUT2D eigenvalue weighted by molar-refractivity contribution is 6.04. The zero-order valence-corrected chi connectivity index (χ0v) is 16.1. The minimum Gasteiger partial charge on any atom is -0.478 e. The molecular weight excluding hydrogens is 358 g/mol. The van der Waals surface area contributed by atoms with E-state index in [-0.39, 0.29) is 11.5 Å². The Balaban J connectivity index is 1.67. The number of rotatable bonds is 7. The fraction of sp³-hybridized carbons (Fsp3) is 0.450. The zero-order chi connectivity index (χ0) is 20.1. The minimum atomic E-state index is -0.998. The average molecular weight is 385 g/mol. The zero-order valence-electron chi connectivity index (χ0n) is 16.1. The molecule has 0 saturated carbocycles. The highest BCUT2D eigenvalue weighted by Crippen LogP contribution is 2.25. The normalized spacial score (nSPS) is 15.0. The van der Waals surface area contributed by atoms with E-state index in [1.165, 1.54) is 0 Å². The number of aromatic carboxylic acids is 1. The fourth-order valence-corrected chi connectivity index (χ4v) is 3.37. The van der Waals surface area contributed by atoms with Gasteiger partial charge in [0.05, 0.1) is 17.6 Å². The lowest BCUT2D eigenvalue weighted by atomic mass is 10.1. The number of unbranched alkanes of at least 4 members (excludes halogenated alkanes) is 1. The number of hydrogen-bond acceptors (Lipinski definition) is 6. The molecule has 1 aliphatic heterocycles. The summed E-state index contributed by atoms with van der Waals surface area (Å²) in [6.45, 7) is 6.04. The number of anilines is 2. The number of nitrogen functional groups attached to an aromatic ring is 1. The van der Waals surface area contributed by atoms with Gasteiger partial charge in [0.15, 0.2) is 0 Å². The number of amides is 1. The van der Waals surface area contributed by atoms with Crippen molar-refractivity contribution >= 4 is 34.3 Å². The maximum absolute atomic E-state index is 12.0. The van der Waals surface area contributed by atoms with E-state index in [0.717, 1.165) is 32.5 Å². The third-order valence-corrected chi connectivity index (χ3v) is 4.97. The van der Waals surface area contributed by atoms with Crippen molar-refractivity contribution in [1.82, 2.24) is 15.2 Å². The van der Waals surface area contributed by atoms with Crippen LogP contribution in [0.5, 0.6) is 0 Å². The molecular formula is C20H27N5O3. The first-order chi connectivity index (χ1) is 13.5. The molecule has 1 aromatic carbocycles. The maximum atomic E-state index is 12.0. The third-order valence-electron chi connectivity index (χ3n) is 4.97. The average Bonchev–Trinajstić information content (AvgIpc) is 2.68. The summed E-state index contributed by atoms with van der Waals surface area (Å²) in [5, 5.41) is 13.1. The second-order valence-corrected chi connectivity index (χ2v) is 7.08. The molecule has 2 heterocycles. The number of benzene rings is 1. The topological polar surface area (TPSA) is 112 Å². The van der Waals surface area contributed by atoms with Crippen molar-refractivity contribution < 1.29 is 14.7 Å². The Bertz CT molecular complexity index is 862. The second kappa shape index (κ2) is 8.88. The van der Waals surface area contributed by atoms with Crippen molar-refractivity contribution in [2.24, 2.45) is 0 Å². The van der Waals surface area contributed by atoms with Gasteiger partial charge in [-0.3, -0.25) is 9.69 Å². The number of piperazine rings is 1. The molecule has 0 bridgehead atoms. The number of fused-ring (bicyclic) bond motifs is 1. The van der Waals surface area contributed by atoms with Gasteiger partial charge in [-0.25, -0.2) is 9.78 Å². The number of aromatic nitrogens is 1. The van der Waals surface area contributed by atoms with E-state index < -0.39 is 5.97 Å². The number of carbonyl (C=O) groups is 2. The molecule has 3 rings (SSSR count). The summed E-state index contributed by atoms with van der Waals surface area (Å²) < 4.78 is 0. The van der Waals surface area contributed by atoms with Crippen LogP contribution in [0, 0.1) is 0 Å². The first-order valence-electron chi connectivity index (χ1n) is 9.65. The molecule has 28 heavy (non-hydrogen) atoms. The van der Waals surface area contributed by atoms with Gasteiger partial charge < -0.3 is 21.1 Å². The molecule has 2 aromatic rings. The standard InChI is InChI=1S/C20H27N5O3/c1-2-3-6-22-19(26)13-24-7-9-25(10-8-24)18-12-16(20(27)28)15-11-14(21)4-5-17(15)23-18/h4-5,11-12H,2-3,6-10,13,21H2,1H3,(H,22,26)(H,27,28). The Morgan fingerprint density at radius 3 is 2.64 bits per heavy atom. The van der Waals surface area contributed by atoms with Crippen molar-refractivity contribution in [2.75, 3.05) is 49.9 Å². The van der Waals surface area contributed by atoms with Crippen LogP contribution in [0.1, 0.15) is 30.1 Å². The highest BCUT2D eigenvalue weighted by Gasteiger charge is 2.22. The van der Waals surface area contributed by atoms with Crippen LogP contribution in [0.3, 0.4) is 0 Å². The number of pyridine rings is 1. The van der Waals surface area contributed by atoms with E-state index in [0.29, 0.717) is 42.0 Å². The molecule has 1 aromatic heterocycles. The number of hydrogen-bond donors (Lipinski definition) is 3. The second-order valence-electron chi connectivity index (χ2n) is 7.08. The maximum Gasteiger partial charge on any atom is 0.336 e. The summed E-state index contributed by atoms with van der Waals surface area (Å²) in [6, 6.07) is 6.72. The van der Waals surface area contributed by atoms with Crippen LogP contribution in [-0.4, -0.2) is 66.1 Å². The summed E-state index contributed by atoms with van der Waals surface area (Å²) in [5.41, 5.74) is 7.12. The predicted molar refractivity (Wildman–Crippen MR) is 110 cm³/mol. The van der Waals surface area contributed by atoms with Crippen molar-refractivity contribution in [3.05, 3.63) is 29.8 Å². The van der Waals surface area contributed by atoms with Gasteiger partial charge in [-0.05, 0) is 30.7 Å². The molecule has 0 aliphatic carbocycles. The SMILES string of the molecule is CCCCNC(=O)CN1CCN(c2cc(C(=O)O)c3cc(N)ccc3n2)CC1. The predicted octanol–water partition coefficient (Wildman–Crippen LogP) is 1.55. The number of nitrogens with zero attached hydrogens (tertiary/aromatic N) is 3. The van der Waals surface area contributed by atoms with Crippen LogP contribution >= 0.6 is 0 Å². The number of nitrogens with one attached hydrogen (secondary N) is 1. The third kappa shape index (κ3) is 4.69. The van der Waals surface area contributed by atoms with E-state index in [1.807, 2.05) is 0 Å². The van der Waals surface area contributed by atoms with Crippen LogP contribution in [0.15, 0.2) is 24.3 Å². The quantitative estimate of drug-likeness (QED) is 0.490. The van der Waals surface area contributed by atoms with Gasteiger partial charge in [0, 0.05) is 43.8 Å². The smallest absolute Gasteiger partial charge is 0.336 e. The van der Waals surface area contributed by atoms with E-state index in [1.54, 1.807) is 24.3 Å². The summed E-state index contributed by atoms with van der Waals surface area (Å²) in [4.78, 5) is 32.5. The molecule has 8 heteroatoms. The van der Waals surface area contributed by atoms with Crippen molar-refractivity contribution in [2.45, 2.75) is 19.8 Å². The van der Waals surface area contributed by atoms with Crippen molar-refractivity contribution in [3.63, 3.8) is 0 Å². The van der Waals surface area contributed by atoms with Gasteiger partial charge in [0.1, 0.15) is 5.82 Å². The van der Waals surface area contributed by atoms with Crippen LogP contribution in [0.4, 0.5) is 11.5 Å². The van der Waals surface area contributed by atoms with Crippen LogP contribution < -0.4 is 16.0 Å². The van der Waals surface area contributed by atoms with E-state index >= 15 is 0 Å². The number of carbonyl (C=O) groups excluding carboxylic acids is 1. The fourth-order valence-electron chi connectivity index (χ4n) is 3.37. The Labute approximate surface area is 164 Å². The number of carboxylic acid groups (broad SMARTS) is 1. The molecule has 150 valence electrons. The largest absolute Gasteiger partial charge is 0.478 e. The lowest BCUT2D eigenvalue weighted by Gasteiger charge is -2.35. The lowest BCUT2D eigenvalue weighted by Crippen LogP contribution is -2.49. The Hall–Kier alpha value is -2.87. The van der Waals surface area contributed by atoms with E-state index in [9.17, 15) is 14.7 Å². The van der Waals surface area contributed by atoms with Gasteiger partial charge in [-0.15, -0.1) is 0 Å². The van der Waals surface area contributed by atoms with Gasteiger partial charge in [0.25, 0.3) is 0 Å². The summed E-state index contributed by atoms with van der Waals surface area (Å²) in [5.74, 6) is -0.306. The molecule has 0 unspecified atom stereocenters. The molecule has 0 atom stereocenters. The Morgan fingerprint density at radius 1 is 1.21 bits per heavy atom. The van der Waals surface area contributed by atoms with Gasteiger partial charge in [-0.2, -0.15) is 0 Å². The molecule has 0 spiro atoms. The van der Waals surface area contributed by atoms with Crippen LogP contribution in [0.25, 0.3) is 10.9 Å². The summed E-state index contributed by atoms with van der Waals surface area (Å²) in [7, 11) is 0. The Kier molecular flexibility index (Phi) is 6.30. The first kappa shape index (κ1) is 19.9. The molecule has 1 aliphatic rings. The van der Waals surface area contributed by atoms with E-state index in [4.69, 9.17) is 5.73 Å². The monoisotopic (exact) mass is 385 g/mol. The minimum absolute atomic E-state index is 0.0523. The molecule has 0 radical (unpaired) electrons. The number of carboxylic acids is 1. The first-order valence-corrected chi connectivity index (χ1v) is 9.65. The molecule has 1 amide bonds. The highest BCUT2D eigenvalue weighted by atomic mass is 16.4. The van der Waals surface area contributed by atoms with Gasteiger partial charge >= 0.3 is 5.97 Å². The Morgan fingerprint density at radius 2 is 1.96 bits per heavy atom. The molecule has 1 fully saturated rings.